The molecule has 1 fully saturated rings. The average molecular weight is 264 g/mol. The number of para-hydroxylation sites is 1. The molecule has 0 radical (unpaired) electrons. The molecule has 0 saturated heterocycles. The lowest BCUT2D eigenvalue weighted by molar-refractivity contribution is -0.0905. The molecule has 0 aromatic heterocycles. The second-order valence-corrected chi connectivity index (χ2v) is 6.05. The number of benzene rings is 1. The van der Waals surface area contributed by atoms with Gasteiger partial charge in [0.1, 0.15) is 12.4 Å². The van der Waals surface area contributed by atoms with Crippen LogP contribution in [-0.4, -0.2) is 30.5 Å². The number of hydrogen-bond acceptors (Lipinski definition) is 3. The third-order valence-electron chi connectivity index (χ3n) is 3.73. The zero-order chi connectivity index (χ0) is 13.7. The van der Waals surface area contributed by atoms with Crippen molar-refractivity contribution in [3.05, 3.63) is 30.3 Å². The Morgan fingerprint density at radius 1 is 1.21 bits per heavy atom. The zero-order valence-corrected chi connectivity index (χ0v) is 11.8. The van der Waals surface area contributed by atoms with Gasteiger partial charge in [0.05, 0.1) is 18.8 Å². The maximum atomic E-state index is 9.95. The Kier molecular flexibility index (Phi) is 4.83. The summed E-state index contributed by atoms with van der Waals surface area (Å²) in [6, 6.07) is 9.72. The first-order valence-electron chi connectivity index (χ1n) is 7.04. The molecule has 1 aliphatic carbocycles. The van der Waals surface area contributed by atoms with Crippen LogP contribution in [0, 0.1) is 5.41 Å². The fourth-order valence-electron chi connectivity index (χ4n) is 2.55. The molecule has 1 N–H and O–H groups in total. The first-order chi connectivity index (χ1) is 9.07. The van der Waals surface area contributed by atoms with E-state index in [1.165, 1.54) is 0 Å². The number of aliphatic hydroxyl groups excluding tert-OH is 1. The summed E-state index contributed by atoms with van der Waals surface area (Å²) < 4.78 is 11.4. The van der Waals surface area contributed by atoms with Gasteiger partial charge in [-0.1, -0.05) is 32.0 Å². The first kappa shape index (κ1) is 14.4. The quantitative estimate of drug-likeness (QED) is 0.831. The molecule has 1 aliphatic rings. The van der Waals surface area contributed by atoms with Crippen molar-refractivity contribution < 1.29 is 14.6 Å². The normalized spacial score (nSPS) is 26.1. The molecule has 1 aromatic carbocycles. The van der Waals surface area contributed by atoms with E-state index in [0.29, 0.717) is 13.2 Å². The first-order valence-corrected chi connectivity index (χ1v) is 7.04. The maximum absolute atomic E-state index is 9.95. The summed E-state index contributed by atoms with van der Waals surface area (Å²) in [5.74, 6) is 0.857. The highest BCUT2D eigenvalue weighted by Gasteiger charge is 2.34. The van der Waals surface area contributed by atoms with Gasteiger partial charge < -0.3 is 14.6 Å². The van der Waals surface area contributed by atoms with Crippen molar-refractivity contribution in [3.8, 4) is 5.75 Å². The summed E-state index contributed by atoms with van der Waals surface area (Å²) in [6.45, 7) is 5.51. The smallest absolute Gasteiger partial charge is 0.119 e. The van der Waals surface area contributed by atoms with Gasteiger partial charge >= 0.3 is 0 Å². The van der Waals surface area contributed by atoms with Crippen LogP contribution >= 0.6 is 0 Å². The van der Waals surface area contributed by atoms with E-state index in [9.17, 15) is 5.11 Å². The molecule has 0 bridgehead atoms. The molecule has 0 amide bonds. The highest BCUT2D eigenvalue weighted by Crippen LogP contribution is 2.36. The van der Waals surface area contributed by atoms with Gasteiger partial charge in [0.15, 0.2) is 0 Å². The summed E-state index contributed by atoms with van der Waals surface area (Å²) in [5, 5.41) is 9.95. The lowest BCUT2D eigenvalue weighted by atomic mass is 9.75. The van der Waals surface area contributed by atoms with Crippen molar-refractivity contribution in [2.75, 3.05) is 13.2 Å². The van der Waals surface area contributed by atoms with Crippen LogP contribution in [0.3, 0.4) is 0 Å². The molecule has 2 unspecified atom stereocenters. The van der Waals surface area contributed by atoms with Gasteiger partial charge in [0, 0.05) is 0 Å². The Morgan fingerprint density at radius 2 is 1.95 bits per heavy atom. The minimum Gasteiger partial charge on any atom is -0.491 e. The molecule has 0 heterocycles. The Bertz CT molecular complexity index is 375. The molecule has 1 saturated carbocycles. The van der Waals surface area contributed by atoms with Crippen molar-refractivity contribution in [2.24, 2.45) is 5.41 Å². The summed E-state index contributed by atoms with van der Waals surface area (Å²) in [7, 11) is 0. The molecule has 0 aliphatic heterocycles. The van der Waals surface area contributed by atoms with Gasteiger partial charge in [-0.3, -0.25) is 0 Å². The fourth-order valence-corrected chi connectivity index (χ4v) is 2.55. The van der Waals surface area contributed by atoms with Gasteiger partial charge in [0.25, 0.3) is 0 Å². The van der Waals surface area contributed by atoms with E-state index in [4.69, 9.17) is 9.47 Å². The van der Waals surface area contributed by atoms with Crippen LogP contribution in [0.4, 0.5) is 0 Å². The molecule has 3 heteroatoms. The second-order valence-electron chi connectivity index (χ2n) is 6.05. The lowest BCUT2D eigenvalue weighted by Crippen LogP contribution is -2.40. The largest absolute Gasteiger partial charge is 0.491 e. The zero-order valence-electron chi connectivity index (χ0n) is 11.8. The molecule has 19 heavy (non-hydrogen) atoms. The summed E-state index contributed by atoms with van der Waals surface area (Å²) >= 11 is 0. The summed E-state index contributed by atoms with van der Waals surface area (Å²) in [6.07, 6.45) is 2.43. The molecule has 1 aromatic rings. The molecule has 0 spiro atoms. The van der Waals surface area contributed by atoms with E-state index >= 15 is 0 Å². The van der Waals surface area contributed by atoms with Crippen LogP contribution in [0.5, 0.6) is 5.75 Å². The topological polar surface area (TPSA) is 38.7 Å². The molecule has 3 nitrogen and oxygen atoms in total. The van der Waals surface area contributed by atoms with Gasteiger partial charge in [-0.15, -0.1) is 0 Å². The van der Waals surface area contributed by atoms with Crippen molar-refractivity contribution in [3.63, 3.8) is 0 Å². The highest BCUT2D eigenvalue weighted by atomic mass is 16.5. The van der Waals surface area contributed by atoms with Crippen molar-refractivity contribution in [1.82, 2.24) is 0 Å². The van der Waals surface area contributed by atoms with Gasteiger partial charge in [-0.2, -0.15) is 0 Å². The predicted octanol–water partition coefficient (Wildman–Crippen LogP) is 3.02. The van der Waals surface area contributed by atoms with E-state index in [1.807, 2.05) is 30.3 Å². The van der Waals surface area contributed by atoms with Crippen molar-refractivity contribution in [1.29, 1.82) is 0 Å². The van der Waals surface area contributed by atoms with E-state index in [0.717, 1.165) is 25.0 Å². The lowest BCUT2D eigenvalue weighted by Gasteiger charge is -2.38. The number of rotatable bonds is 5. The number of aliphatic hydroxyl groups is 1. The van der Waals surface area contributed by atoms with Crippen LogP contribution < -0.4 is 4.74 Å². The molecule has 2 rings (SSSR count). The highest BCUT2D eigenvalue weighted by molar-refractivity contribution is 5.20. The summed E-state index contributed by atoms with van der Waals surface area (Å²) in [4.78, 5) is 0. The third kappa shape index (κ3) is 4.51. The Labute approximate surface area is 115 Å². The molecule has 106 valence electrons. The average Bonchev–Trinajstić information content (AvgIpc) is 2.40. The van der Waals surface area contributed by atoms with E-state index < -0.39 is 0 Å². The SMILES string of the molecule is CC1(C)CCC(O)C(OCCOc2ccccc2)C1. The number of ether oxygens (including phenoxy) is 2. The summed E-state index contributed by atoms with van der Waals surface area (Å²) in [5.41, 5.74) is 0.268. The minimum absolute atomic E-state index is 0.0527. The monoisotopic (exact) mass is 264 g/mol. The van der Waals surface area contributed by atoms with Crippen molar-refractivity contribution >= 4 is 0 Å². The van der Waals surface area contributed by atoms with Gasteiger partial charge in [0.2, 0.25) is 0 Å². The van der Waals surface area contributed by atoms with Crippen LogP contribution in [-0.2, 0) is 4.74 Å². The van der Waals surface area contributed by atoms with E-state index in [-0.39, 0.29) is 17.6 Å². The Hall–Kier alpha value is -1.06. The number of hydrogen-bond donors (Lipinski definition) is 1. The molecular weight excluding hydrogens is 240 g/mol. The van der Waals surface area contributed by atoms with Crippen LogP contribution in [0.2, 0.25) is 0 Å². The third-order valence-corrected chi connectivity index (χ3v) is 3.73. The van der Waals surface area contributed by atoms with Gasteiger partial charge in [-0.05, 0) is 36.8 Å². The minimum atomic E-state index is -0.329. The van der Waals surface area contributed by atoms with E-state index in [1.54, 1.807) is 0 Å². The predicted molar refractivity (Wildman–Crippen MR) is 75.3 cm³/mol. The van der Waals surface area contributed by atoms with Crippen molar-refractivity contribution in [2.45, 2.75) is 45.3 Å². The van der Waals surface area contributed by atoms with Gasteiger partial charge in [-0.25, -0.2) is 0 Å². The fraction of sp³-hybridized carbons (Fsp3) is 0.625. The standard InChI is InChI=1S/C16H24O3/c1-16(2)9-8-14(17)15(12-16)19-11-10-18-13-6-4-3-5-7-13/h3-7,14-15,17H,8-12H2,1-2H3. The molecular formula is C16H24O3. The Balaban J connectivity index is 1.70. The van der Waals surface area contributed by atoms with E-state index in [2.05, 4.69) is 13.8 Å². The second kappa shape index (κ2) is 6.40. The van der Waals surface area contributed by atoms with Crippen LogP contribution in [0.1, 0.15) is 33.1 Å². The van der Waals surface area contributed by atoms with Crippen LogP contribution in [0.15, 0.2) is 30.3 Å². The molecule has 2 atom stereocenters. The maximum Gasteiger partial charge on any atom is 0.119 e. The van der Waals surface area contributed by atoms with Crippen LogP contribution in [0.25, 0.3) is 0 Å². The Morgan fingerprint density at radius 3 is 2.68 bits per heavy atom.